The Morgan fingerprint density at radius 1 is 1.31 bits per heavy atom. The van der Waals surface area contributed by atoms with Gasteiger partial charge in [0.1, 0.15) is 19.0 Å². The quantitative estimate of drug-likeness (QED) is 0.775. The number of carbonyl (C=O) groups excluding carboxylic acids is 1. The van der Waals surface area contributed by atoms with E-state index in [1.807, 2.05) is 30.1 Å². The topological polar surface area (TPSA) is 38.8 Å². The zero-order chi connectivity index (χ0) is 11.5. The van der Waals surface area contributed by atoms with Crippen molar-refractivity contribution in [3.63, 3.8) is 0 Å². The predicted octanol–water partition coefficient (Wildman–Crippen LogP) is 1.48. The molecular formula is C12H15NO3. The minimum atomic E-state index is 0.136. The lowest BCUT2D eigenvalue weighted by atomic mass is 10.2. The summed E-state index contributed by atoms with van der Waals surface area (Å²) >= 11 is 0. The third-order valence-electron chi connectivity index (χ3n) is 2.43. The number of ether oxygens (including phenoxy) is 2. The van der Waals surface area contributed by atoms with E-state index < -0.39 is 0 Å². The van der Waals surface area contributed by atoms with E-state index in [0.717, 1.165) is 17.2 Å². The molecule has 0 saturated carbocycles. The zero-order valence-electron chi connectivity index (χ0n) is 9.53. The number of fused-ring (bicyclic) bond motifs is 1. The van der Waals surface area contributed by atoms with Crippen LogP contribution in [0.2, 0.25) is 0 Å². The second kappa shape index (κ2) is 4.43. The molecule has 1 aromatic carbocycles. The van der Waals surface area contributed by atoms with Crippen LogP contribution in [-0.2, 0) is 4.79 Å². The molecule has 1 aliphatic rings. The molecule has 2 rings (SSSR count). The van der Waals surface area contributed by atoms with Gasteiger partial charge in [-0.05, 0) is 19.1 Å². The lowest BCUT2D eigenvalue weighted by molar-refractivity contribution is -0.115. The van der Waals surface area contributed by atoms with Crippen molar-refractivity contribution in [2.24, 2.45) is 0 Å². The highest BCUT2D eigenvalue weighted by Crippen LogP contribution is 2.33. The maximum Gasteiger partial charge on any atom is 0.163 e. The Hall–Kier alpha value is -1.71. The summed E-state index contributed by atoms with van der Waals surface area (Å²) < 4.78 is 10.9. The fourth-order valence-corrected chi connectivity index (χ4v) is 1.69. The first kappa shape index (κ1) is 10.8. The van der Waals surface area contributed by atoms with E-state index >= 15 is 0 Å². The summed E-state index contributed by atoms with van der Waals surface area (Å²) in [5.74, 6) is 1.66. The molecule has 1 heterocycles. The lowest BCUT2D eigenvalue weighted by Crippen LogP contribution is -2.24. The number of likely N-dealkylation sites (N-methyl/N-ethyl adjacent to an activating group) is 1. The van der Waals surface area contributed by atoms with Gasteiger partial charge in [0.25, 0.3) is 0 Å². The number of anilines is 1. The Bertz CT molecular complexity index is 403. The van der Waals surface area contributed by atoms with Gasteiger partial charge in [-0.3, -0.25) is 4.79 Å². The number of Topliss-reactive ketones (excluding diaryl/α,β-unsaturated/α-hetero) is 1. The van der Waals surface area contributed by atoms with Gasteiger partial charge < -0.3 is 14.4 Å². The molecule has 86 valence electrons. The second-order valence-electron chi connectivity index (χ2n) is 3.89. The molecule has 0 aromatic heterocycles. The van der Waals surface area contributed by atoms with E-state index in [1.165, 1.54) is 0 Å². The highest BCUT2D eigenvalue weighted by molar-refractivity contribution is 5.81. The van der Waals surface area contributed by atoms with E-state index in [-0.39, 0.29) is 5.78 Å². The van der Waals surface area contributed by atoms with Crippen LogP contribution in [0.1, 0.15) is 6.92 Å². The first-order valence-corrected chi connectivity index (χ1v) is 5.27. The summed E-state index contributed by atoms with van der Waals surface area (Å²) in [5.41, 5.74) is 0.958. The van der Waals surface area contributed by atoms with Gasteiger partial charge >= 0.3 is 0 Å². The fraction of sp³-hybridized carbons (Fsp3) is 0.417. The Kier molecular flexibility index (Phi) is 2.99. The van der Waals surface area contributed by atoms with Crippen molar-refractivity contribution in [3.8, 4) is 11.5 Å². The summed E-state index contributed by atoms with van der Waals surface area (Å²) in [7, 11) is 1.88. The summed E-state index contributed by atoms with van der Waals surface area (Å²) in [6.07, 6.45) is 0. The molecule has 4 nitrogen and oxygen atoms in total. The Balaban J connectivity index is 2.19. The van der Waals surface area contributed by atoms with Gasteiger partial charge in [-0.15, -0.1) is 0 Å². The molecule has 16 heavy (non-hydrogen) atoms. The Morgan fingerprint density at radius 2 is 2.00 bits per heavy atom. The maximum absolute atomic E-state index is 11.0. The number of benzene rings is 1. The molecule has 0 N–H and O–H groups in total. The van der Waals surface area contributed by atoms with E-state index in [1.54, 1.807) is 6.92 Å². The van der Waals surface area contributed by atoms with Crippen LogP contribution >= 0.6 is 0 Å². The summed E-state index contributed by atoms with van der Waals surface area (Å²) in [5, 5.41) is 0. The first-order chi connectivity index (χ1) is 7.66. The molecule has 0 spiro atoms. The number of nitrogens with zero attached hydrogens (tertiary/aromatic N) is 1. The van der Waals surface area contributed by atoms with Crippen molar-refractivity contribution in [3.05, 3.63) is 18.2 Å². The van der Waals surface area contributed by atoms with Gasteiger partial charge in [-0.2, -0.15) is 0 Å². The average Bonchev–Trinajstić information content (AvgIpc) is 2.27. The summed E-state index contributed by atoms with van der Waals surface area (Å²) in [6.45, 7) is 3.15. The van der Waals surface area contributed by atoms with Gasteiger partial charge in [-0.25, -0.2) is 0 Å². The number of hydrogen-bond acceptors (Lipinski definition) is 4. The third kappa shape index (κ3) is 2.27. The SMILES string of the molecule is CC(=O)CN(C)c1ccc2c(c1)OCCO2. The van der Waals surface area contributed by atoms with Crippen LogP contribution in [0, 0.1) is 0 Å². The van der Waals surface area contributed by atoms with E-state index in [4.69, 9.17) is 9.47 Å². The Labute approximate surface area is 94.8 Å². The zero-order valence-corrected chi connectivity index (χ0v) is 9.53. The van der Waals surface area contributed by atoms with Gasteiger partial charge in [0.15, 0.2) is 11.5 Å². The van der Waals surface area contributed by atoms with E-state index in [9.17, 15) is 4.79 Å². The molecule has 0 atom stereocenters. The van der Waals surface area contributed by atoms with Crippen LogP contribution in [0.5, 0.6) is 11.5 Å². The molecule has 0 aliphatic carbocycles. The fourth-order valence-electron chi connectivity index (χ4n) is 1.69. The van der Waals surface area contributed by atoms with Crippen molar-refractivity contribution in [1.29, 1.82) is 0 Å². The molecule has 0 fully saturated rings. The highest BCUT2D eigenvalue weighted by atomic mass is 16.6. The van der Waals surface area contributed by atoms with Gasteiger partial charge in [0.2, 0.25) is 0 Å². The van der Waals surface area contributed by atoms with Gasteiger partial charge in [0, 0.05) is 18.8 Å². The standard InChI is InChI=1S/C12H15NO3/c1-9(14)8-13(2)10-3-4-11-12(7-10)16-6-5-15-11/h3-4,7H,5-6,8H2,1-2H3. The number of carbonyl (C=O) groups is 1. The molecular weight excluding hydrogens is 206 g/mol. The normalized spacial score (nSPS) is 13.4. The van der Waals surface area contributed by atoms with Crippen LogP contribution in [0.4, 0.5) is 5.69 Å². The van der Waals surface area contributed by atoms with E-state index in [0.29, 0.717) is 19.8 Å². The largest absolute Gasteiger partial charge is 0.486 e. The van der Waals surface area contributed by atoms with Crippen molar-refractivity contribution >= 4 is 11.5 Å². The monoisotopic (exact) mass is 221 g/mol. The summed E-state index contributed by atoms with van der Waals surface area (Å²) in [4.78, 5) is 12.9. The predicted molar refractivity (Wildman–Crippen MR) is 61.4 cm³/mol. The molecule has 0 amide bonds. The van der Waals surface area contributed by atoms with Crippen LogP contribution in [0.3, 0.4) is 0 Å². The molecule has 0 saturated heterocycles. The average molecular weight is 221 g/mol. The van der Waals surface area contributed by atoms with Crippen LogP contribution in [0.15, 0.2) is 18.2 Å². The summed E-state index contributed by atoms with van der Waals surface area (Å²) in [6, 6.07) is 5.70. The molecule has 1 aromatic rings. The van der Waals surface area contributed by atoms with Crippen LogP contribution < -0.4 is 14.4 Å². The number of ketones is 1. The minimum Gasteiger partial charge on any atom is -0.486 e. The number of hydrogen-bond donors (Lipinski definition) is 0. The molecule has 0 unspecified atom stereocenters. The third-order valence-corrected chi connectivity index (χ3v) is 2.43. The van der Waals surface area contributed by atoms with Gasteiger partial charge in [-0.1, -0.05) is 0 Å². The van der Waals surface area contributed by atoms with Crippen molar-refractivity contribution in [1.82, 2.24) is 0 Å². The molecule has 0 radical (unpaired) electrons. The lowest BCUT2D eigenvalue weighted by Gasteiger charge is -2.22. The van der Waals surface area contributed by atoms with Crippen molar-refractivity contribution in [2.75, 3.05) is 31.7 Å². The van der Waals surface area contributed by atoms with Crippen LogP contribution in [-0.4, -0.2) is 32.6 Å². The second-order valence-corrected chi connectivity index (χ2v) is 3.89. The number of rotatable bonds is 3. The smallest absolute Gasteiger partial charge is 0.163 e. The Morgan fingerprint density at radius 3 is 2.69 bits per heavy atom. The minimum absolute atomic E-state index is 0.136. The van der Waals surface area contributed by atoms with Crippen molar-refractivity contribution < 1.29 is 14.3 Å². The molecule has 0 bridgehead atoms. The first-order valence-electron chi connectivity index (χ1n) is 5.27. The van der Waals surface area contributed by atoms with Crippen molar-refractivity contribution in [2.45, 2.75) is 6.92 Å². The molecule has 1 aliphatic heterocycles. The van der Waals surface area contributed by atoms with E-state index in [2.05, 4.69) is 0 Å². The molecule has 4 heteroatoms. The highest BCUT2D eigenvalue weighted by Gasteiger charge is 2.13. The van der Waals surface area contributed by atoms with Crippen LogP contribution in [0.25, 0.3) is 0 Å². The van der Waals surface area contributed by atoms with Gasteiger partial charge in [0.05, 0.1) is 6.54 Å². The maximum atomic E-state index is 11.0.